The molecule has 1 aromatic heterocycles. The largest absolute Gasteiger partial charge is 0.588 e. The molecule has 14 nitrogen and oxygen atoms in total. The summed E-state index contributed by atoms with van der Waals surface area (Å²) in [7, 11) is -3.18. The Morgan fingerprint density at radius 1 is 1.27 bits per heavy atom. The van der Waals surface area contributed by atoms with E-state index >= 15 is 0 Å². The zero-order chi connectivity index (χ0) is 30.1. The molecule has 0 bridgehead atoms. The number of carbonyl (C=O) groups excluding carboxylic acids is 3. The lowest BCUT2D eigenvalue weighted by atomic mass is 10.1. The van der Waals surface area contributed by atoms with Gasteiger partial charge in [0.15, 0.2) is 16.1 Å². The maximum Gasteiger partial charge on any atom is 0.326 e. The summed E-state index contributed by atoms with van der Waals surface area (Å²) in [6, 6.07) is 6.10. The molecule has 216 valence electrons. The van der Waals surface area contributed by atoms with Crippen LogP contribution in [-0.2, 0) is 40.2 Å². The Kier molecular flexibility index (Phi) is 8.21. The number of nitrogens with zero attached hydrogens (tertiary/aromatic N) is 2. The van der Waals surface area contributed by atoms with Crippen LogP contribution in [0.5, 0.6) is 5.75 Å². The molecule has 3 aromatic rings. The molecule has 1 saturated heterocycles. The maximum atomic E-state index is 13.7. The van der Waals surface area contributed by atoms with Crippen molar-refractivity contribution in [1.82, 2.24) is 20.2 Å². The van der Waals surface area contributed by atoms with Crippen LogP contribution in [0.25, 0.3) is 10.9 Å². The first-order valence-electron chi connectivity index (χ1n) is 12.4. The first-order valence-corrected chi connectivity index (χ1v) is 13.9. The Labute approximate surface area is 234 Å². The number of hydrogen-bond acceptors (Lipinski definition) is 9. The molecule has 4 rings (SSSR count). The Balaban J connectivity index is 1.77. The Hall–Kier alpha value is -4.63. The van der Waals surface area contributed by atoms with Crippen molar-refractivity contribution in [3.63, 3.8) is 0 Å². The highest BCUT2D eigenvalue weighted by Crippen LogP contribution is 2.32. The molecule has 1 aliphatic rings. The predicted octanol–water partition coefficient (Wildman–Crippen LogP) is 0.839. The van der Waals surface area contributed by atoms with Gasteiger partial charge in [-0.15, -0.1) is 0 Å². The quantitative estimate of drug-likeness (QED) is 0.205. The molecule has 41 heavy (non-hydrogen) atoms. The molecule has 2 unspecified atom stereocenters. The average Bonchev–Trinajstić information content (AvgIpc) is 2.88. The van der Waals surface area contributed by atoms with E-state index in [1.165, 1.54) is 57.4 Å². The third-order valence-corrected chi connectivity index (χ3v) is 7.89. The topological polar surface area (TPSA) is 209 Å². The van der Waals surface area contributed by atoms with Crippen LogP contribution >= 0.6 is 0 Å². The molecule has 0 radical (unpaired) electrons. The van der Waals surface area contributed by atoms with Gasteiger partial charge in [-0.2, -0.15) is 0 Å². The van der Waals surface area contributed by atoms with Gasteiger partial charge in [-0.3, -0.25) is 29.1 Å². The summed E-state index contributed by atoms with van der Waals surface area (Å²) in [5.41, 5.74) is -0.338. The monoisotopic (exact) mass is 585 g/mol. The zero-order valence-electron chi connectivity index (χ0n) is 22.3. The summed E-state index contributed by atoms with van der Waals surface area (Å²) in [5.74, 6) is -2.83. The first-order chi connectivity index (χ1) is 19.3. The van der Waals surface area contributed by atoms with Gasteiger partial charge in [0.25, 0.3) is 5.56 Å². The minimum Gasteiger partial charge on any atom is -0.588 e. The second-order valence-electron chi connectivity index (χ2n) is 9.39. The van der Waals surface area contributed by atoms with Gasteiger partial charge < -0.3 is 19.7 Å². The maximum absolute atomic E-state index is 13.7. The third-order valence-electron chi connectivity index (χ3n) is 6.51. The number of nitrogens with one attached hydrogen (secondary N) is 3. The number of aromatic nitrogens is 2. The number of imide groups is 1. The highest BCUT2D eigenvalue weighted by molar-refractivity contribution is 7.99. The average molecular weight is 586 g/mol. The SMILES string of the molecule is COc1ccc(C[C@H](NC(C)=O)C(=O)O)cc1[S+](=O)([O-])Nc1cccc2nc(C)n(C3CCC(=O)NC3=O)c(=O)c12. The fraction of sp³-hybridized carbons (Fsp3) is 0.308. The van der Waals surface area contributed by atoms with Crippen LogP contribution in [0.1, 0.15) is 37.2 Å². The molecule has 3 atom stereocenters. The van der Waals surface area contributed by atoms with Crippen molar-refractivity contribution in [1.29, 1.82) is 0 Å². The van der Waals surface area contributed by atoms with E-state index in [4.69, 9.17) is 4.74 Å². The fourth-order valence-corrected chi connectivity index (χ4v) is 5.97. The molecule has 2 aromatic carbocycles. The van der Waals surface area contributed by atoms with Gasteiger partial charge in [-0.1, -0.05) is 16.3 Å². The molecule has 3 amide bonds. The number of hydrogen-bond donors (Lipinski definition) is 4. The number of carboxylic acid groups (broad SMARTS) is 1. The van der Waals surface area contributed by atoms with Crippen molar-refractivity contribution < 1.29 is 37.8 Å². The molecule has 2 heterocycles. The molecular weight excluding hydrogens is 558 g/mol. The van der Waals surface area contributed by atoms with E-state index in [0.717, 1.165) is 4.57 Å². The van der Waals surface area contributed by atoms with E-state index in [-0.39, 0.29) is 57.9 Å². The molecule has 1 aliphatic heterocycles. The van der Waals surface area contributed by atoms with Crippen molar-refractivity contribution >= 4 is 50.7 Å². The summed E-state index contributed by atoms with van der Waals surface area (Å²) in [6.07, 6.45) is -0.114. The summed E-state index contributed by atoms with van der Waals surface area (Å²) >= 11 is 0. The van der Waals surface area contributed by atoms with Gasteiger partial charge in [-0.05, 0) is 37.1 Å². The highest BCUT2D eigenvalue weighted by Gasteiger charge is 2.32. The lowest BCUT2D eigenvalue weighted by Crippen LogP contribution is -2.45. The lowest BCUT2D eigenvalue weighted by Gasteiger charge is -2.25. The van der Waals surface area contributed by atoms with Gasteiger partial charge in [0, 0.05) is 25.8 Å². The van der Waals surface area contributed by atoms with Crippen molar-refractivity contribution in [3.05, 3.63) is 58.1 Å². The second-order valence-corrected chi connectivity index (χ2v) is 11.0. The molecule has 15 heteroatoms. The van der Waals surface area contributed by atoms with Gasteiger partial charge in [0.05, 0.1) is 23.7 Å². The van der Waals surface area contributed by atoms with Crippen LogP contribution in [0.2, 0.25) is 0 Å². The van der Waals surface area contributed by atoms with Crippen LogP contribution in [0.3, 0.4) is 0 Å². The van der Waals surface area contributed by atoms with Gasteiger partial charge >= 0.3 is 5.97 Å². The van der Waals surface area contributed by atoms with Crippen LogP contribution < -0.4 is 25.7 Å². The Morgan fingerprint density at radius 2 is 2.00 bits per heavy atom. The standard InChI is InChI=1S/C26H27N5O9S/c1-13-27-16-5-4-6-17(23(16)25(35)31(13)19-8-10-22(33)29-24(19)34)30-41(38,39)21-12-15(7-9-20(21)40-3)11-18(26(36)37)28-14(2)32/h4-7,9,12,18-19H,8,10-11H2,1-3H3,(H4-,28,29,30,32,33,34,35,36,37,38,39)/t18-,19?/m0/s1. The molecule has 0 spiro atoms. The van der Waals surface area contributed by atoms with Crippen molar-refractivity contribution in [2.45, 2.75) is 50.1 Å². The fourth-order valence-electron chi connectivity index (χ4n) is 4.67. The normalized spacial score (nSPS) is 17.3. The number of rotatable bonds is 9. The van der Waals surface area contributed by atoms with Crippen molar-refractivity contribution in [3.8, 4) is 5.75 Å². The molecule has 0 aliphatic carbocycles. The number of fused-ring (bicyclic) bond motifs is 1. The number of piperidine rings is 1. The van der Waals surface area contributed by atoms with E-state index in [2.05, 4.69) is 20.3 Å². The molecule has 0 saturated carbocycles. The van der Waals surface area contributed by atoms with Crippen molar-refractivity contribution in [2.75, 3.05) is 11.8 Å². The number of carbonyl (C=O) groups is 4. The lowest BCUT2D eigenvalue weighted by molar-refractivity contribution is -0.141. The van der Waals surface area contributed by atoms with Gasteiger partial charge in [-0.25, -0.2) is 14.5 Å². The minimum atomic E-state index is -4.44. The Morgan fingerprint density at radius 3 is 2.63 bits per heavy atom. The summed E-state index contributed by atoms with van der Waals surface area (Å²) in [4.78, 5) is 64.9. The van der Waals surface area contributed by atoms with E-state index in [9.17, 15) is 37.8 Å². The first kappa shape index (κ1) is 29.4. The highest BCUT2D eigenvalue weighted by atomic mass is 32.3. The summed E-state index contributed by atoms with van der Waals surface area (Å²) in [5, 5.41) is 13.9. The smallest absolute Gasteiger partial charge is 0.326 e. The summed E-state index contributed by atoms with van der Waals surface area (Å²) in [6.45, 7) is 2.70. The van der Waals surface area contributed by atoms with Crippen LogP contribution in [0.15, 0.2) is 46.1 Å². The number of aliphatic carboxylic acids is 1. The number of ether oxygens (including phenoxy) is 1. The Bertz CT molecular complexity index is 1690. The zero-order valence-corrected chi connectivity index (χ0v) is 23.1. The minimum absolute atomic E-state index is 0.0232. The van der Waals surface area contributed by atoms with E-state index in [0.29, 0.717) is 0 Å². The van der Waals surface area contributed by atoms with E-state index in [1.807, 2.05) is 0 Å². The number of anilines is 1. The van der Waals surface area contributed by atoms with E-state index < -0.39 is 51.7 Å². The van der Waals surface area contributed by atoms with Crippen LogP contribution in [0.4, 0.5) is 5.69 Å². The molecular formula is C26H27N5O9S. The van der Waals surface area contributed by atoms with Crippen molar-refractivity contribution in [2.24, 2.45) is 0 Å². The van der Waals surface area contributed by atoms with Crippen LogP contribution in [0, 0.1) is 6.92 Å². The number of amides is 3. The second kappa shape index (κ2) is 11.5. The summed E-state index contributed by atoms with van der Waals surface area (Å²) < 4.78 is 36.0. The van der Waals surface area contributed by atoms with E-state index in [1.54, 1.807) is 0 Å². The van der Waals surface area contributed by atoms with Gasteiger partial charge in [0.1, 0.15) is 17.9 Å². The van der Waals surface area contributed by atoms with Crippen LogP contribution in [-0.4, -0.2) is 56.1 Å². The van der Waals surface area contributed by atoms with Gasteiger partial charge in [0.2, 0.25) is 22.6 Å². The third kappa shape index (κ3) is 6.10. The number of benzene rings is 2. The predicted molar refractivity (Wildman–Crippen MR) is 145 cm³/mol. The number of sulfonamides is 1. The number of aryl methyl sites for hydroxylation is 1. The number of methoxy groups -OCH3 is 1. The number of carboxylic acids is 1. The molecule has 4 N–H and O–H groups in total. The molecule has 1 fully saturated rings.